The molecule has 1 N–H and O–H groups in total. The zero-order chi connectivity index (χ0) is 42.4. The summed E-state index contributed by atoms with van der Waals surface area (Å²) in [6.45, 7) is 9.38. The van der Waals surface area contributed by atoms with Gasteiger partial charge in [0.25, 0.3) is 0 Å². The van der Waals surface area contributed by atoms with E-state index in [1.165, 1.54) is 61.5 Å². The van der Waals surface area contributed by atoms with Gasteiger partial charge in [0.1, 0.15) is 17.3 Å². The monoisotopic (exact) mass is 806 g/mol. The van der Waals surface area contributed by atoms with Crippen LogP contribution in [0.2, 0.25) is 6.32 Å². The summed E-state index contributed by atoms with van der Waals surface area (Å²) in [7, 11) is 2.17. The molecule has 0 aliphatic carbocycles. The van der Waals surface area contributed by atoms with Crippen molar-refractivity contribution in [1.82, 2.24) is 9.55 Å². The van der Waals surface area contributed by atoms with Gasteiger partial charge in [-0.05, 0) is 70.6 Å². The van der Waals surface area contributed by atoms with E-state index in [9.17, 15) is 0 Å². The summed E-state index contributed by atoms with van der Waals surface area (Å²) in [5.41, 5.74) is 15.2. The predicted molar refractivity (Wildman–Crippen MR) is 264 cm³/mol. The van der Waals surface area contributed by atoms with Crippen molar-refractivity contribution in [2.24, 2.45) is 0 Å². The molecule has 0 saturated heterocycles. The summed E-state index contributed by atoms with van der Waals surface area (Å²) < 4.78 is 9.25. The predicted octanol–water partition coefficient (Wildman–Crippen LogP) is 13.8. The first-order valence-electron chi connectivity index (χ1n) is 22.0. The van der Waals surface area contributed by atoms with Crippen molar-refractivity contribution in [3.63, 3.8) is 0 Å². The number of anilines is 4. The van der Waals surface area contributed by atoms with E-state index in [1.54, 1.807) is 0 Å². The molecule has 1 aliphatic rings. The van der Waals surface area contributed by atoms with Crippen LogP contribution in [0.1, 0.15) is 46.1 Å². The zero-order valence-electron chi connectivity index (χ0n) is 36.2. The summed E-state index contributed by atoms with van der Waals surface area (Å²) in [6, 6.07) is 60.5. The molecule has 0 saturated carbocycles. The summed E-state index contributed by atoms with van der Waals surface area (Å²) in [5.74, 6) is 2.53. The first kappa shape index (κ1) is 39.1. The molecule has 304 valence electrons. The van der Waals surface area contributed by atoms with Gasteiger partial charge in [0.2, 0.25) is 6.71 Å². The summed E-state index contributed by atoms with van der Waals surface area (Å²) >= 11 is 0. The van der Waals surface area contributed by atoms with Gasteiger partial charge in [-0.3, -0.25) is 4.57 Å². The second-order valence-electron chi connectivity index (χ2n) is 17.6. The van der Waals surface area contributed by atoms with Gasteiger partial charge in [-0.25, -0.2) is 4.98 Å². The second kappa shape index (κ2) is 16.1. The lowest BCUT2D eigenvalue weighted by Gasteiger charge is -2.28. The van der Waals surface area contributed by atoms with Crippen LogP contribution in [-0.4, -0.2) is 23.3 Å². The molecule has 0 radical (unpaired) electrons. The minimum absolute atomic E-state index is 0.00388. The quantitative estimate of drug-likeness (QED) is 0.125. The van der Waals surface area contributed by atoms with Crippen molar-refractivity contribution in [1.29, 1.82) is 0 Å². The van der Waals surface area contributed by atoms with E-state index in [1.807, 2.05) is 12.3 Å². The van der Waals surface area contributed by atoms with E-state index in [0.717, 1.165) is 58.3 Å². The number of benzene rings is 7. The van der Waals surface area contributed by atoms with E-state index >= 15 is 0 Å². The molecule has 0 bridgehead atoms. The van der Waals surface area contributed by atoms with Crippen LogP contribution in [0.4, 0.5) is 22.7 Å². The molecule has 0 fully saturated rings. The maximum atomic E-state index is 6.90. The number of pyridine rings is 1. The highest BCUT2D eigenvalue weighted by atomic mass is 16.5. The number of nitrogens with zero attached hydrogens (tertiary/aromatic N) is 3. The van der Waals surface area contributed by atoms with E-state index < -0.39 is 0 Å². The third-order valence-corrected chi connectivity index (χ3v) is 12.5. The van der Waals surface area contributed by atoms with Crippen LogP contribution in [0.3, 0.4) is 0 Å². The van der Waals surface area contributed by atoms with Crippen molar-refractivity contribution in [2.75, 3.05) is 17.3 Å². The van der Waals surface area contributed by atoms with Gasteiger partial charge >= 0.3 is 0 Å². The molecule has 9 aromatic rings. The van der Waals surface area contributed by atoms with Gasteiger partial charge < -0.3 is 15.0 Å². The Hall–Kier alpha value is -7.05. The Bertz CT molecular complexity index is 3020. The van der Waals surface area contributed by atoms with Gasteiger partial charge in [-0.1, -0.05) is 167 Å². The number of hydrogen-bond donors (Lipinski definition) is 1. The first-order chi connectivity index (χ1) is 30.3. The number of hydrogen-bond acceptors (Lipinski definition) is 4. The normalized spacial score (nSPS) is 12.1. The van der Waals surface area contributed by atoms with Crippen molar-refractivity contribution < 1.29 is 4.74 Å². The van der Waals surface area contributed by atoms with Crippen LogP contribution < -0.4 is 25.9 Å². The molecule has 0 amide bonds. The fraction of sp³-hybridized carbons (Fsp3) is 0.161. The number of unbranched alkanes of at least 4 members (excludes halogenated alkanes) is 1. The topological polar surface area (TPSA) is 42.3 Å². The highest BCUT2D eigenvalue weighted by Gasteiger charge is 2.34. The molecular formula is C56H51BN4O. The molecule has 5 nitrogen and oxygen atoms in total. The smallest absolute Gasteiger partial charge is 0.211 e. The van der Waals surface area contributed by atoms with Crippen molar-refractivity contribution in [3.8, 4) is 39.6 Å². The minimum Gasteiger partial charge on any atom is -0.457 e. The number of rotatable bonds is 12. The maximum Gasteiger partial charge on any atom is 0.211 e. The lowest BCUT2D eigenvalue weighted by atomic mass is 9.40. The summed E-state index contributed by atoms with van der Waals surface area (Å²) in [5, 5.41) is 6.46. The zero-order valence-corrected chi connectivity index (χ0v) is 36.2. The number of para-hydroxylation sites is 3. The third-order valence-electron chi connectivity index (χ3n) is 12.5. The molecule has 62 heavy (non-hydrogen) atoms. The Balaban J connectivity index is 1.02. The van der Waals surface area contributed by atoms with Crippen LogP contribution in [0.5, 0.6) is 11.5 Å². The Kier molecular flexibility index (Phi) is 10.2. The fourth-order valence-corrected chi connectivity index (χ4v) is 9.51. The maximum absolute atomic E-state index is 6.90. The van der Waals surface area contributed by atoms with Crippen LogP contribution in [0.25, 0.3) is 49.9 Å². The lowest BCUT2D eigenvalue weighted by Crippen LogP contribution is -2.38. The highest BCUT2D eigenvalue weighted by molar-refractivity contribution is 6.92. The van der Waals surface area contributed by atoms with Crippen LogP contribution in [-0.2, 0) is 5.41 Å². The molecule has 3 heterocycles. The van der Waals surface area contributed by atoms with E-state index in [4.69, 9.17) is 9.72 Å². The summed E-state index contributed by atoms with van der Waals surface area (Å²) in [4.78, 5) is 7.28. The molecule has 0 atom stereocenters. The Morgan fingerprint density at radius 2 is 1.32 bits per heavy atom. The van der Waals surface area contributed by atoms with Crippen molar-refractivity contribution in [3.05, 3.63) is 182 Å². The van der Waals surface area contributed by atoms with E-state index in [2.05, 4.69) is 213 Å². The molecule has 7 aromatic carbocycles. The fourth-order valence-electron chi connectivity index (χ4n) is 9.51. The number of nitrogens with one attached hydrogen (secondary N) is 1. The van der Waals surface area contributed by atoms with E-state index in [0.29, 0.717) is 6.71 Å². The average molecular weight is 807 g/mol. The van der Waals surface area contributed by atoms with Crippen molar-refractivity contribution in [2.45, 2.75) is 52.3 Å². The Morgan fingerprint density at radius 3 is 2.05 bits per heavy atom. The molecule has 0 spiro atoms. The standard InChI is InChI=1S/C56H51BN4O/c1-6-7-32-57-46-27-18-30-50-53(46)54-47(57)36-43(37-51(54)61(50)52-34-40(31-33-58-52)56(2,3)4)62-42-24-16-23-41(35-42)59-48-28-14-15-29-49(48)60(5)55-44(38-19-10-8-11-20-38)25-17-26-45(55)39-21-12-9-13-22-39/h8-31,33-37,59H,6-7,32H2,1-5H3. The van der Waals surface area contributed by atoms with Crippen molar-refractivity contribution >= 4 is 62.2 Å². The number of ether oxygens (including phenoxy) is 1. The van der Waals surface area contributed by atoms with Gasteiger partial charge in [0, 0.05) is 53.0 Å². The van der Waals surface area contributed by atoms with Gasteiger partial charge in [-0.2, -0.15) is 0 Å². The largest absolute Gasteiger partial charge is 0.457 e. The SMILES string of the molecule is CCCCB1c2cccc3c2c2c1cc(Oc1cccc(Nc4ccccc4N(C)c4c(-c5ccccc5)cccc4-c4ccccc4)c1)cc2n3-c1cc(C(C)(C)C)ccn1. The van der Waals surface area contributed by atoms with Crippen LogP contribution in [0, 0.1) is 0 Å². The van der Waals surface area contributed by atoms with Crippen LogP contribution >= 0.6 is 0 Å². The Labute approximate surface area is 365 Å². The molecule has 6 heteroatoms. The molecular weight excluding hydrogens is 755 g/mol. The molecule has 0 unspecified atom stereocenters. The second-order valence-corrected chi connectivity index (χ2v) is 17.6. The third kappa shape index (κ3) is 7.09. The highest BCUT2D eigenvalue weighted by Crippen LogP contribution is 2.44. The van der Waals surface area contributed by atoms with Gasteiger partial charge in [-0.15, -0.1) is 0 Å². The summed E-state index contributed by atoms with van der Waals surface area (Å²) in [6.07, 6.45) is 5.39. The first-order valence-corrected chi connectivity index (χ1v) is 22.0. The average Bonchev–Trinajstić information content (AvgIpc) is 3.81. The van der Waals surface area contributed by atoms with E-state index in [-0.39, 0.29) is 5.41 Å². The molecule has 2 aromatic heterocycles. The number of aromatic nitrogens is 2. The Morgan fingerprint density at radius 1 is 0.645 bits per heavy atom. The molecule has 10 rings (SSSR count). The van der Waals surface area contributed by atoms with Gasteiger partial charge in [0.15, 0.2) is 0 Å². The minimum atomic E-state index is -0.00388. The van der Waals surface area contributed by atoms with Gasteiger partial charge in [0.05, 0.1) is 28.1 Å². The molecule has 1 aliphatic heterocycles. The lowest BCUT2D eigenvalue weighted by molar-refractivity contribution is 0.484. The van der Waals surface area contributed by atoms with Crippen LogP contribution in [0.15, 0.2) is 176 Å².